The lowest BCUT2D eigenvalue weighted by molar-refractivity contribution is -0.143. The fourth-order valence-corrected chi connectivity index (χ4v) is 3.12. The summed E-state index contributed by atoms with van der Waals surface area (Å²) in [5.41, 5.74) is 2.83. The Morgan fingerprint density at radius 2 is 1.54 bits per heavy atom. The van der Waals surface area contributed by atoms with E-state index in [0.717, 1.165) is 25.7 Å². The first-order valence-electron chi connectivity index (χ1n) is 8.07. The van der Waals surface area contributed by atoms with Gasteiger partial charge in [-0.15, -0.1) is 0 Å². The van der Waals surface area contributed by atoms with Gasteiger partial charge in [0.2, 0.25) is 0 Å². The van der Waals surface area contributed by atoms with E-state index in [-0.39, 0.29) is 28.8 Å². The average molecular weight is 399 g/mol. The monoisotopic (exact) mass is 399 g/mol. The number of rotatable bonds is 3. The van der Waals surface area contributed by atoms with Crippen LogP contribution in [-0.2, 0) is 12.4 Å². The number of nitrogens with one attached hydrogen (secondary N) is 2. The van der Waals surface area contributed by atoms with Crippen LogP contribution in [0.3, 0.4) is 0 Å². The number of halogens is 6. The van der Waals surface area contributed by atoms with Gasteiger partial charge in [0.1, 0.15) is 0 Å². The van der Waals surface area contributed by atoms with Crippen molar-refractivity contribution in [3.8, 4) is 0 Å². The molecule has 0 saturated heterocycles. The van der Waals surface area contributed by atoms with Gasteiger partial charge in [0.05, 0.1) is 11.1 Å². The highest BCUT2D eigenvalue weighted by atomic mass is 32.1. The Morgan fingerprint density at radius 3 is 2.04 bits per heavy atom. The maximum atomic E-state index is 12.8. The van der Waals surface area contributed by atoms with Crippen molar-refractivity contribution in [2.75, 3.05) is 11.9 Å². The molecule has 0 unspecified atom stereocenters. The molecule has 1 fully saturated rings. The van der Waals surface area contributed by atoms with Gasteiger partial charge >= 0.3 is 12.4 Å². The van der Waals surface area contributed by atoms with Crippen molar-refractivity contribution < 1.29 is 26.3 Å². The summed E-state index contributed by atoms with van der Waals surface area (Å²) in [5, 5.41) is 5.18. The molecule has 1 saturated carbocycles. The zero-order valence-corrected chi connectivity index (χ0v) is 14.5. The van der Waals surface area contributed by atoms with Gasteiger partial charge in [-0.1, -0.05) is 12.8 Å². The third-order valence-corrected chi connectivity index (χ3v) is 4.58. The zero-order chi connectivity index (χ0) is 19.5. The minimum atomic E-state index is -4.90. The van der Waals surface area contributed by atoms with E-state index in [2.05, 4.69) is 10.6 Å². The van der Waals surface area contributed by atoms with Crippen LogP contribution in [-0.4, -0.2) is 17.7 Å². The molecule has 0 bridgehead atoms. The first-order chi connectivity index (χ1) is 12.0. The summed E-state index contributed by atoms with van der Waals surface area (Å²) < 4.78 is 77.1. The van der Waals surface area contributed by atoms with Gasteiger partial charge in [0.25, 0.3) is 0 Å². The number of alkyl halides is 6. The van der Waals surface area contributed by atoms with E-state index in [1.165, 1.54) is 0 Å². The van der Waals surface area contributed by atoms with E-state index < -0.39 is 23.5 Å². The molecule has 10 heteroatoms. The number of thiocarbonyl (C=S) groups is 1. The Morgan fingerprint density at radius 1 is 1.00 bits per heavy atom. The topological polar surface area (TPSA) is 50.1 Å². The molecule has 26 heavy (non-hydrogen) atoms. The quantitative estimate of drug-likeness (QED) is 0.517. The fourth-order valence-electron chi connectivity index (χ4n) is 2.92. The Kier molecular flexibility index (Phi) is 6.38. The molecule has 0 spiro atoms. The van der Waals surface area contributed by atoms with Crippen LogP contribution in [0.2, 0.25) is 0 Å². The number of hydrogen-bond acceptors (Lipinski definition) is 2. The van der Waals surface area contributed by atoms with E-state index in [4.69, 9.17) is 18.0 Å². The zero-order valence-electron chi connectivity index (χ0n) is 13.7. The Hall–Kier alpha value is -1.55. The first kappa shape index (κ1) is 20.8. The van der Waals surface area contributed by atoms with Crippen molar-refractivity contribution in [3.05, 3.63) is 29.3 Å². The molecular weight excluding hydrogens is 380 g/mol. The summed E-state index contributed by atoms with van der Waals surface area (Å²) >= 11 is 4.99. The standard InChI is InChI=1S/C16H19F6N3S/c17-15(18,19)10-5-11(16(20,21)22)7-12(6-10)25-14(26)24-8-9-3-1-2-4-13(9)23/h5-7,9,13H,1-4,8,23H2,(H2,24,25,26)/t9-,13+/m0/s1. The van der Waals surface area contributed by atoms with Gasteiger partial charge in [-0.3, -0.25) is 0 Å². The van der Waals surface area contributed by atoms with Crippen molar-refractivity contribution in [3.63, 3.8) is 0 Å². The highest BCUT2D eigenvalue weighted by Crippen LogP contribution is 2.37. The molecular formula is C16H19F6N3S. The molecule has 1 aliphatic rings. The van der Waals surface area contributed by atoms with Crippen LogP contribution in [0.15, 0.2) is 18.2 Å². The van der Waals surface area contributed by atoms with Crippen molar-refractivity contribution in [2.24, 2.45) is 11.7 Å². The lowest BCUT2D eigenvalue weighted by Crippen LogP contribution is -2.42. The second kappa shape index (κ2) is 7.99. The lowest BCUT2D eigenvalue weighted by Gasteiger charge is -2.29. The lowest BCUT2D eigenvalue weighted by atomic mass is 9.85. The Bertz CT molecular complexity index is 612. The molecule has 4 N–H and O–H groups in total. The van der Waals surface area contributed by atoms with E-state index in [1.54, 1.807) is 0 Å². The smallest absolute Gasteiger partial charge is 0.362 e. The summed E-state index contributed by atoms with van der Waals surface area (Å²) in [6.07, 6.45) is -5.94. The third-order valence-electron chi connectivity index (χ3n) is 4.34. The Balaban J connectivity index is 2.08. The summed E-state index contributed by atoms with van der Waals surface area (Å²) in [6.45, 7) is 0.415. The predicted molar refractivity (Wildman–Crippen MR) is 90.6 cm³/mol. The molecule has 0 aromatic heterocycles. The van der Waals surface area contributed by atoms with Crippen LogP contribution >= 0.6 is 12.2 Å². The minimum absolute atomic E-state index is 0.00411. The summed E-state index contributed by atoms with van der Waals surface area (Å²) in [6, 6.07) is 1.26. The largest absolute Gasteiger partial charge is 0.416 e. The van der Waals surface area contributed by atoms with Crippen molar-refractivity contribution in [2.45, 2.75) is 44.1 Å². The van der Waals surface area contributed by atoms with Gasteiger partial charge in [0, 0.05) is 18.3 Å². The van der Waals surface area contributed by atoms with Crippen molar-refractivity contribution in [1.29, 1.82) is 0 Å². The number of nitrogens with two attached hydrogens (primary N) is 1. The second-order valence-corrected chi connectivity index (χ2v) is 6.75. The molecule has 146 valence electrons. The molecule has 1 aliphatic carbocycles. The van der Waals surface area contributed by atoms with Crippen LogP contribution in [0, 0.1) is 5.92 Å². The normalized spacial score (nSPS) is 21.3. The predicted octanol–water partition coefficient (Wildman–Crippen LogP) is 4.53. The highest BCUT2D eigenvalue weighted by molar-refractivity contribution is 7.80. The summed E-state index contributed by atoms with van der Waals surface area (Å²) in [7, 11) is 0. The molecule has 1 aromatic carbocycles. The maximum absolute atomic E-state index is 12.8. The third kappa shape index (κ3) is 5.73. The molecule has 2 rings (SSSR count). The van der Waals surface area contributed by atoms with Crippen LogP contribution in [0.4, 0.5) is 32.0 Å². The maximum Gasteiger partial charge on any atom is 0.416 e. The molecule has 3 nitrogen and oxygen atoms in total. The minimum Gasteiger partial charge on any atom is -0.362 e. The fraction of sp³-hybridized carbons (Fsp3) is 0.562. The SMILES string of the molecule is N[C@@H]1CCCC[C@H]1CNC(=S)Nc1cc(C(F)(F)F)cc(C(F)(F)F)c1. The van der Waals surface area contributed by atoms with Crippen LogP contribution < -0.4 is 16.4 Å². The van der Waals surface area contributed by atoms with Crippen molar-refractivity contribution in [1.82, 2.24) is 5.32 Å². The number of benzene rings is 1. The van der Waals surface area contributed by atoms with Gasteiger partial charge < -0.3 is 16.4 Å². The van der Waals surface area contributed by atoms with E-state index in [9.17, 15) is 26.3 Å². The van der Waals surface area contributed by atoms with Crippen LogP contribution in [0.25, 0.3) is 0 Å². The molecule has 0 amide bonds. The molecule has 1 aromatic rings. The number of anilines is 1. The molecule has 0 aliphatic heterocycles. The first-order valence-corrected chi connectivity index (χ1v) is 8.47. The highest BCUT2D eigenvalue weighted by Gasteiger charge is 2.37. The van der Waals surface area contributed by atoms with E-state index in [1.807, 2.05) is 0 Å². The summed E-state index contributed by atoms with van der Waals surface area (Å²) in [4.78, 5) is 0. The van der Waals surface area contributed by atoms with E-state index in [0.29, 0.717) is 18.7 Å². The van der Waals surface area contributed by atoms with Crippen LogP contribution in [0.5, 0.6) is 0 Å². The Labute approximate surface area is 152 Å². The molecule has 2 atom stereocenters. The molecule has 0 heterocycles. The van der Waals surface area contributed by atoms with Gasteiger partial charge in [-0.2, -0.15) is 26.3 Å². The van der Waals surface area contributed by atoms with Crippen molar-refractivity contribution >= 4 is 23.0 Å². The second-order valence-electron chi connectivity index (χ2n) is 6.34. The van der Waals surface area contributed by atoms with E-state index >= 15 is 0 Å². The summed E-state index contributed by atoms with van der Waals surface area (Å²) in [5.74, 6) is 0.163. The van der Waals surface area contributed by atoms with Gasteiger partial charge in [-0.25, -0.2) is 0 Å². The average Bonchev–Trinajstić information content (AvgIpc) is 2.52. The molecule has 0 radical (unpaired) electrons. The van der Waals surface area contributed by atoms with Crippen LogP contribution in [0.1, 0.15) is 36.8 Å². The number of hydrogen-bond donors (Lipinski definition) is 3. The van der Waals surface area contributed by atoms with Gasteiger partial charge in [-0.05, 0) is 49.2 Å². The van der Waals surface area contributed by atoms with Gasteiger partial charge in [0.15, 0.2) is 5.11 Å².